The molecule has 31 heavy (non-hydrogen) atoms. The van der Waals surface area contributed by atoms with Gasteiger partial charge < -0.3 is 23.7 Å². The van der Waals surface area contributed by atoms with Gasteiger partial charge in [0.15, 0.2) is 17.3 Å². The van der Waals surface area contributed by atoms with Gasteiger partial charge in [-0.05, 0) is 46.8 Å². The Hall–Kier alpha value is -3.15. The number of ketones is 1. The van der Waals surface area contributed by atoms with E-state index in [0.717, 1.165) is 0 Å². The molecule has 0 unspecified atom stereocenters. The van der Waals surface area contributed by atoms with Crippen LogP contribution in [0, 0.1) is 0 Å². The van der Waals surface area contributed by atoms with Gasteiger partial charge in [0.1, 0.15) is 0 Å². The molecule has 168 valence electrons. The topological polar surface area (TPSA) is 63.2 Å². The van der Waals surface area contributed by atoms with E-state index in [1.807, 2.05) is 52.8 Å². The summed E-state index contributed by atoms with van der Waals surface area (Å²) < 4.78 is 29.7. The quantitative estimate of drug-likeness (QED) is 0.307. The van der Waals surface area contributed by atoms with E-state index in [0.29, 0.717) is 72.9 Å². The lowest BCUT2D eigenvalue weighted by Crippen LogP contribution is -2.09. The van der Waals surface area contributed by atoms with Crippen molar-refractivity contribution in [1.29, 1.82) is 0 Å². The minimum absolute atomic E-state index is 0.129. The van der Waals surface area contributed by atoms with Gasteiger partial charge in [0.05, 0.1) is 38.6 Å². The maximum atomic E-state index is 12.7. The number of allylic oxidation sites excluding steroid dienone is 1. The highest BCUT2D eigenvalue weighted by atomic mass is 16.6. The fraction of sp³-hybridized carbons (Fsp3) is 0.400. The molecule has 0 amide bonds. The molecule has 0 fully saturated rings. The van der Waals surface area contributed by atoms with Gasteiger partial charge in [-0.1, -0.05) is 30.3 Å². The van der Waals surface area contributed by atoms with E-state index in [4.69, 9.17) is 23.7 Å². The van der Waals surface area contributed by atoms with E-state index in [1.54, 1.807) is 18.2 Å². The predicted molar refractivity (Wildman–Crippen MR) is 122 cm³/mol. The fourth-order valence-electron chi connectivity index (χ4n) is 3.07. The Morgan fingerprint density at radius 3 is 1.45 bits per heavy atom. The van der Waals surface area contributed by atoms with Crippen molar-refractivity contribution >= 4 is 11.9 Å². The summed E-state index contributed by atoms with van der Waals surface area (Å²) in [7, 11) is 0. The van der Waals surface area contributed by atoms with Gasteiger partial charge in [0.25, 0.3) is 0 Å². The summed E-state index contributed by atoms with van der Waals surface area (Å²) in [5.41, 5.74) is 1.17. The minimum atomic E-state index is -0.129. The molecule has 2 aromatic carbocycles. The van der Waals surface area contributed by atoms with Crippen molar-refractivity contribution in [1.82, 2.24) is 0 Å². The minimum Gasteiger partial charge on any atom is -0.489 e. The Morgan fingerprint density at radius 1 is 0.645 bits per heavy atom. The van der Waals surface area contributed by atoms with Crippen LogP contribution in [-0.4, -0.2) is 38.8 Å². The van der Waals surface area contributed by atoms with Gasteiger partial charge in [-0.25, -0.2) is 0 Å². The molecule has 0 bridgehead atoms. The van der Waals surface area contributed by atoms with Crippen LogP contribution < -0.4 is 23.7 Å². The molecule has 0 aliphatic carbocycles. The smallest absolute Gasteiger partial charge is 0.211 e. The van der Waals surface area contributed by atoms with Crippen LogP contribution in [0.2, 0.25) is 0 Å². The lowest BCUT2D eigenvalue weighted by Gasteiger charge is -2.23. The van der Waals surface area contributed by atoms with Crippen LogP contribution in [-0.2, 0) is 0 Å². The summed E-state index contributed by atoms with van der Waals surface area (Å²) in [5.74, 6) is 2.09. The van der Waals surface area contributed by atoms with Crippen molar-refractivity contribution in [3.63, 3.8) is 0 Å². The van der Waals surface area contributed by atoms with Crippen molar-refractivity contribution in [2.45, 2.75) is 34.6 Å². The van der Waals surface area contributed by atoms with Gasteiger partial charge in [0.2, 0.25) is 17.2 Å². The molecule has 6 nitrogen and oxygen atoms in total. The average Bonchev–Trinajstić information content (AvgIpc) is 2.78. The number of benzene rings is 2. The molecule has 0 N–H and O–H groups in total. The van der Waals surface area contributed by atoms with E-state index in [1.165, 1.54) is 6.08 Å². The molecule has 0 saturated heterocycles. The third-order valence-electron chi connectivity index (χ3n) is 4.22. The van der Waals surface area contributed by atoms with Gasteiger partial charge in [-0.3, -0.25) is 4.79 Å². The van der Waals surface area contributed by atoms with Crippen molar-refractivity contribution in [2.24, 2.45) is 0 Å². The monoisotopic (exact) mass is 428 g/mol. The molecule has 0 radical (unpaired) electrons. The standard InChI is InChI=1S/C25H32O6/c1-6-27-21-19(16-17-20(26)18-14-12-11-13-15-18)22(28-7-2)24(30-9-4)25(31-10-5)23(21)29-8-3/h11-17H,6-10H2,1-5H3. The third kappa shape index (κ3) is 5.94. The molecular weight excluding hydrogens is 396 g/mol. The second-order valence-electron chi connectivity index (χ2n) is 6.29. The SMILES string of the molecule is CCOc1c(C=CC(=O)c2ccccc2)c(OCC)c(OCC)c(OCC)c1OCC. The number of ether oxygens (including phenoxy) is 5. The lowest BCUT2D eigenvalue weighted by atomic mass is 10.1. The zero-order valence-corrected chi connectivity index (χ0v) is 19.0. The normalized spacial score (nSPS) is 10.7. The Labute approximate surface area is 184 Å². The number of hydrogen-bond donors (Lipinski definition) is 0. The van der Waals surface area contributed by atoms with Crippen LogP contribution in [0.1, 0.15) is 50.5 Å². The summed E-state index contributed by atoms with van der Waals surface area (Å²) in [4.78, 5) is 12.7. The number of hydrogen-bond acceptors (Lipinski definition) is 6. The van der Waals surface area contributed by atoms with Gasteiger partial charge in [-0.15, -0.1) is 0 Å². The van der Waals surface area contributed by atoms with Crippen molar-refractivity contribution in [3.8, 4) is 28.7 Å². The van der Waals surface area contributed by atoms with Crippen molar-refractivity contribution in [3.05, 3.63) is 47.5 Å². The first-order valence-electron chi connectivity index (χ1n) is 10.8. The summed E-state index contributed by atoms with van der Waals surface area (Å²) in [6.07, 6.45) is 3.19. The molecule has 0 aliphatic heterocycles. The largest absolute Gasteiger partial charge is 0.489 e. The van der Waals surface area contributed by atoms with Crippen molar-refractivity contribution in [2.75, 3.05) is 33.0 Å². The van der Waals surface area contributed by atoms with E-state index < -0.39 is 0 Å². The van der Waals surface area contributed by atoms with E-state index in [2.05, 4.69) is 0 Å². The fourth-order valence-corrected chi connectivity index (χ4v) is 3.07. The van der Waals surface area contributed by atoms with Crippen LogP contribution in [0.15, 0.2) is 36.4 Å². The Bertz CT molecular complexity index is 836. The number of carbonyl (C=O) groups excluding carboxylic acids is 1. The highest BCUT2D eigenvalue weighted by molar-refractivity contribution is 6.07. The zero-order valence-electron chi connectivity index (χ0n) is 19.0. The lowest BCUT2D eigenvalue weighted by molar-refractivity contribution is 0.104. The van der Waals surface area contributed by atoms with Crippen LogP contribution in [0.5, 0.6) is 28.7 Å². The Morgan fingerprint density at radius 2 is 1.03 bits per heavy atom. The first-order valence-corrected chi connectivity index (χ1v) is 10.8. The first-order chi connectivity index (χ1) is 15.1. The van der Waals surface area contributed by atoms with E-state index in [-0.39, 0.29) is 5.78 Å². The van der Waals surface area contributed by atoms with Crippen LogP contribution in [0.4, 0.5) is 0 Å². The highest BCUT2D eigenvalue weighted by Crippen LogP contribution is 2.54. The zero-order chi connectivity index (χ0) is 22.6. The molecule has 2 aromatic rings. The molecule has 0 spiro atoms. The second kappa shape index (κ2) is 12.5. The highest BCUT2D eigenvalue weighted by Gasteiger charge is 2.29. The number of rotatable bonds is 13. The first kappa shape index (κ1) is 24.1. The average molecular weight is 429 g/mol. The molecule has 6 heteroatoms. The summed E-state index contributed by atoms with van der Waals surface area (Å²) in [6, 6.07) is 9.07. The predicted octanol–water partition coefficient (Wildman–Crippen LogP) is 5.58. The Kier molecular flexibility index (Phi) is 9.75. The van der Waals surface area contributed by atoms with Gasteiger partial charge in [-0.2, -0.15) is 0 Å². The molecule has 0 saturated carbocycles. The summed E-state index contributed by atoms with van der Waals surface area (Å²) >= 11 is 0. The van der Waals surface area contributed by atoms with Crippen LogP contribution >= 0.6 is 0 Å². The Balaban J connectivity index is 2.74. The maximum Gasteiger partial charge on any atom is 0.211 e. The van der Waals surface area contributed by atoms with Gasteiger partial charge in [0, 0.05) is 5.56 Å². The van der Waals surface area contributed by atoms with Crippen LogP contribution in [0.3, 0.4) is 0 Å². The van der Waals surface area contributed by atoms with E-state index in [9.17, 15) is 4.79 Å². The molecule has 0 aliphatic rings. The van der Waals surface area contributed by atoms with Crippen LogP contribution in [0.25, 0.3) is 6.08 Å². The maximum absolute atomic E-state index is 12.7. The van der Waals surface area contributed by atoms with E-state index >= 15 is 0 Å². The number of carbonyl (C=O) groups is 1. The third-order valence-corrected chi connectivity index (χ3v) is 4.22. The molecule has 0 heterocycles. The molecule has 0 aromatic heterocycles. The van der Waals surface area contributed by atoms with Crippen molar-refractivity contribution < 1.29 is 28.5 Å². The molecular formula is C25H32O6. The summed E-state index contributed by atoms with van der Waals surface area (Å²) in [5, 5.41) is 0. The molecule has 0 atom stereocenters. The summed E-state index contributed by atoms with van der Waals surface area (Å²) in [6.45, 7) is 11.5. The second-order valence-corrected chi connectivity index (χ2v) is 6.29. The van der Waals surface area contributed by atoms with Gasteiger partial charge >= 0.3 is 0 Å². The molecule has 2 rings (SSSR count).